The van der Waals surface area contributed by atoms with Crippen molar-refractivity contribution in [2.75, 3.05) is 5.32 Å². The first-order valence-corrected chi connectivity index (χ1v) is 14.6. The maximum atomic E-state index is 13.3. The SMILES string of the molecule is Cc1ncc(Cl)cc1NC(Cc1ccncc1)c1ccc(C(=O)N[C@@H](CC2CCCC2)C(=O)NC2CC2)s1. The normalized spacial score (nSPS) is 17.1. The molecule has 3 aromatic rings. The molecule has 2 amide bonds. The fraction of sp³-hybridized carbons (Fsp3) is 0.448. The fourth-order valence-corrected chi connectivity index (χ4v) is 6.17. The van der Waals surface area contributed by atoms with Gasteiger partial charge in [-0.15, -0.1) is 11.3 Å². The molecule has 2 saturated carbocycles. The molecule has 1 unspecified atom stereocenters. The lowest BCUT2D eigenvalue weighted by Gasteiger charge is -2.21. The van der Waals surface area contributed by atoms with Gasteiger partial charge in [0.15, 0.2) is 0 Å². The molecular weight excluding hydrogens is 518 g/mol. The average molecular weight is 552 g/mol. The van der Waals surface area contributed by atoms with E-state index < -0.39 is 6.04 Å². The summed E-state index contributed by atoms with van der Waals surface area (Å²) >= 11 is 7.67. The first-order chi connectivity index (χ1) is 18.4. The Hall–Kier alpha value is -2.97. The maximum absolute atomic E-state index is 13.3. The third kappa shape index (κ3) is 7.11. The predicted octanol–water partition coefficient (Wildman–Crippen LogP) is 5.85. The van der Waals surface area contributed by atoms with Gasteiger partial charge in [0.05, 0.1) is 27.3 Å². The van der Waals surface area contributed by atoms with Crippen LogP contribution in [0.1, 0.15) is 76.8 Å². The number of hydrogen-bond acceptors (Lipinski definition) is 6. The van der Waals surface area contributed by atoms with E-state index in [1.54, 1.807) is 18.6 Å². The van der Waals surface area contributed by atoms with Crippen molar-refractivity contribution < 1.29 is 9.59 Å². The van der Waals surface area contributed by atoms with Crippen LogP contribution in [0.5, 0.6) is 0 Å². The highest BCUT2D eigenvalue weighted by atomic mass is 35.5. The number of nitrogens with zero attached hydrogens (tertiary/aromatic N) is 2. The van der Waals surface area contributed by atoms with E-state index in [-0.39, 0.29) is 23.9 Å². The van der Waals surface area contributed by atoms with Crippen LogP contribution in [0.4, 0.5) is 5.69 Å². The third-order valence-electron chi connectivity index (χ3n) is 7.36. The molecule has 3 heterocycles. The molecule has 0 spiro atoms. The highest BCUT2D eigenvalue weighted by Crippen LogP contribution is 2.32. The van der Waals surface area contributed by atoms with E-state index in [1.807, 2.05) is 37.3 Å². The highest BCUT2D eigenvalue weighted by molar-refractivity contribution is 7.14. The van der Waals surface area contributed by atoms with Crippen molar-refractivity contribution in [2.24, 2.45) is 5.92 Å². The molecule has 38 heavy (non-hydrogen) atoms. The molecule has 2 aliphatic carbocycles. The number of hydrogen-bond donors (Lipinski definition) is 3. The Bertz CT molecular complexity index is 1260. The van der Waals surface area contributed by atoms with Crippen LogP contribution in [-0.2, 0) is 11.2 Å². The minimum Gasteiger partial charge on any atom is -0.376 e. The number of thiophene rings is 1. The Labute approximate surface area is 232 Å². The topological polar surface area (TPSA) is 96.0 Å². The third-order valence-corrected chi connectivity index (χ3v) is 8.76. The lowest BCUT2D eigenvalue weighted by Crippen LogP contribution is -2.48. The van der Waals surface area contributed by atoms with Crippen LogP contribution in [0.2, 0.25) is 5.02 Å². The molecule has 5 rings (SSSR count). The second-order valence-electron chi connectivity index (χ2n) is 10.4. The lowest BCUT2D eigenvalue weighted by molar-refractivity contribution is -0.123. The van der Waals surface area contributed by atoms with E-state index in [0.717, 1.165) is 47.5 Å². The summed E-state index contributed by atoms with van der Waals surface area (Å²) in [6, 6.07) is 9.36. The van der Waals surface area contributed by atoms with Crippen LogP contribution >= 0.6 is 22.9 Å². The van der Waals surface area contributed by atoms with E-state index >= 15 is 0 Å². The molecule has 0 aromatic carbocycles. The van der Waals surface area contributed by atoms with E-state index in [1.165, 1.54) is 24.2 Å². The quantitative estimate of drug-likeness (QED) is 0.278. The van der Waals surface area contributed by atoms with Gasteiger partial charge in [-0.25, -0.2) is 0 Å². The Kier molecular flexibility index (Phi) is 8.59. The number of anilines is 1. The molecule has 0 aliphatic heterocycles. The minimum absolute atomic E-state index is 0.0503. The van der Waals surface area contributed by atoms with Crippen LogP contribution in [0, 0.1) is 12.8 Å². The summed E-state index contributed by atoms with van der Waals surface area (Å²) in [5.41, 5.74) is 2.82. The van der Waals surface area contributed by atoms with E-state index in [9.17, 15) is 9.59 Å². The molecule has 0 bridgehead atoms. The Balaban J connectivity index is 1.33. The Morgan fingerprint density at radius 1 is 1.11 bits per heavy atom. The molecule has 3 aromatic heterocycles. The monoisotopic (exact) mass is 551 g/mol. The summed E-state index contributed by atoms with van der Waals surface area (Å²) in [6.07, 6.45) is 13.3. The Morgan fingerprint density at radius 2 is 1.87 bits per heavy atom. The van der Waals surface area contributed by atoms with Crippen molar-refractivity contribution in [3.05, 3.63) is 75.0 Å². The summed E-state index contributed by atoms with van der Waals surface area (Å²) < 4.78 is 0. The maximum Gasteiger partial charge on any atom is 0.262 e. The zero-order chi connectivity index (χ0) is 26.5. The second-order valence-corrected chi connectivity index (χ2v) is 12.0. The van der Waals surface area contributed by atoms with Gasteiger partial charge in [-0.2, -0.15) is 0 Å². The second kappa shape index (κ2) is 12.3. The summed E-state index contributed by atoms with van der Waals surface area (Å²) in [5, 5.41) is 10.3. The first-order valence-electron chi connectivity index (χ1n) is 13.4. The number of amides is 2. The van der Waals surface area contributed by atoms with Crippen LogP contribution in [0.3, 0.4) is 0 Å². The van der Waals surface area contributed by atoms with E-state index in [4.69, 9.17) is 11.6 Å². The first kappa shape index (κ1) is 26.6. The van der Waals surface area contributed by atoms with Crippen molar-refractivity contribution in [3.8, 4) is 0 Å². The van der Waals surface area contributed by atoms with Gasteiger partial charge < -0.3 is 16.0 Å². The molecule has 2 aliphatic rings. The van der Waals surface area contributed by atoms with Gasteiger partial charge in [0, 0.05) is 29.5 Å². The smallest absolute Gasteiger partial charge is 0.262 e. The van der Waals surface area contributed by atoms with Crippen LogP contribution in [0.15, 0.2) is 48.9 Å². The number of pyridine rings is 2. The number of carbonyl (C=O) groups is 2. The van der Waals surface area contributed by atoms with Gasteiger partial charge in [-0.1, -0.05) is 37.3 Å². The standard InChI is InChI=1S/C29H34ClN5O2S/c1-18-23(16-21(30)17-32-18)34-24(14-20-10-12-31-13-11-20)26-8-9-27(38-26)29(37)35-25(15-19-4-2-3-5-19)28(36)33-22-6-7-22/h8-13,16-17,19,22,24-25,34H,2-7,14-15H2,1H3,(H,33,36)(H,35,37)/t24?,25-/m0/s1. The zero-order valence-electron chi connectivity index (χ0n) is 21.6. The van der Waals surface area contributed by atoms with Gasteiger partial charge in [0.2, 0.25) is 5.91 Å². The number of halogens is 1. The van der Waals surface area contributed by atoms with Gasteiger partial charge in [-0.05, 0) is 74.4 Å². The van der Waals surface area contributed by atoms with Crippen molar-refractivity contribution >= 4 is 40.4 Å². The molecule has 0 radical (unpaired) electrons. The molecule has 200 valence electrons. The number of aromatic nitrogens is 2. The van der Waals surface area contributed by atoms with Crippen molar-refractivity contribution in [3.63, 3.8) is 0 Å². The molecule has 7 nitrogen and oxygen atoms in total. The Morgan fingerprint density at radius 3 is 2.61 bits per heavy atom. The summed E-state index contributed by atoms with van der Waals surface area (Å²) in [5.74, 6) is 0.247. The molecule has 0 saturated heterocycles. The molecular formula is C29H34ClN5O2S. The summed E-state index contributed by atoms with van der Waals surface area (Å²) in [6.45, 7) is 1.94. The molecule has 2 fully saturated rings. The van der Waals surface area contributed by atoms with Crippen molar-refractivity contribution in [1.82, 2.24) is 20.6 Å². The highest BCUT2D eigenvalue weighted by Gasteiger charge is 2.31. The fourth-order valence-electron chi connectivity index (χ4n) is 5.05. The lowest BCUT2D eigenvalue weighted by atomic mass is 9.97. The number of aryl methyl sites for hydroxylation is 1. The van der Waals surface area contributed by atoms with Crippen LogP contribution in [-0.4, -0.2) is 33.9 Å². The van der Waals surface area contributed by atoms with Gasteiger partial charge in [0.1, 0.15) is 6.04 Å². The molecule has 3 N–H and O–H groups in total. The van der Waals surface area contributed by atoms with E-state index in [0.29, 0.717) is 28.7 Å². The predicted molar refractivity (Wildman–Crippen MR) is 152 cm³/mol. The van der Waals surface area contributed by atoms with Crippen molar-refractivity contribution in [1.29, 1.82) is 0 Å². The van der Waals surface area contributed by atoms with E-state index in [2.05, 4.69) is 25.9 Å². The van der Waals surface area contributed by atoms with Gasteiger partial charge in [-0.3, -0.25) is 19.6 Å². The summed E-state index contributed by atoms with van der Waals surface area (Å²) in [7, 11) is 0. The number of nitrogens with one attached hydrogen (secondary N) is 3. The molecule has 2 atom stereocenters. The minimum atomic E-state index is -0.498. The van der Waals surface area contributed by atoms with Crippen molar-refractivity contribution in [2.45, 2.75) is 76.4 Å². The zero-order valence-corrected chi connectivity index (χ0v) is 23.2. The largest absolute Gasteiger partial charge is 0.376 e. The number of rotatable bonds is 11. The summed E-state index contributed by atoms with van der Waals surface area (Å²) in [4.78, 5) is 36.4. The number of carbonyl (C=O) groups excluding carboxylic acids is 2. The average Bonchev–Trinajstić information content (AvgIpc) is 3.35. The van der Waals surface area contributed by atoms with Crippen LogP contribution < -0.4 is 16.0 Å². The van der Waals surface area contributed by atoms with Gasteiger partial charge in [0.25, 0.3) is 5.91 Å². The van der Waals surface area contributed by atoms with Gasteiger partial charge >= 0.3 is 0 Å². The van der Waals surface area contributed by atoms with Crippen LogP contribution in [0.25, 0.3) is 0 Å². The molecule has 9 heteroatoms.